The molecule has 11 atom stereocenters. The van der Waals surface area contributed by atoms with Crippen molar-refractivity contribution in [3.63, 3.8) is 0 Å². The molecule has 0 saturated carbocycles. The van der Waals surface area contributed by atoms with Gasteiger partial charge in [-0.3, -0.25) is 9.59 Å². The molecule has 0 radical (unpaired) electrons. The lowest BCUT2D eigenvalue weighted by Gasteiger charge is -2.50. The Hall–Kier alpha value is -2.14. The number of Topliss-reactive ketones (excluding diaryl/α,β-unsaturated/α-hetero) is 1. The Morgan fingerprint density at radius 1 is 1.14 bits per heavy atom. The smallest absolute Gasteiger partial charge is 0.316 e. The van der Waals surface area contributed by atoms with Crippen LogP contribution in [0.2, 0.25) is 0 Å². The van der Waals surface area contributed by atoms with Crippen molar-refractivity contribution in [3.05, 3.63) is 47.1 Å². The molecular formula is C33H46O9. The van der Waals surface area contributed by atoms with Crippen molar-refractivity contribution in [2.75, 3.05) is 13.7 Å². The second-order valence-corrected chi connectivity index (χ2v) is 13.1. The van der Waals surface area contributed by atoms with Crippen molar-refractivity contribution in [3.8, 4) is 0 Å². The average Bonchev–Trinajstić information content (AvgIpc) is 3.25. The van der Waals surface area contributed by atoms with Crippen LogP contribution in [-0.4, -0.2) is 83.7 Å². The average molecular weight is 587 g/mol. The Labute approximate surface area is 248 Å². The summed E-state index contributed by atoms with van der Waals surface area (Å²) in [6.07, 6.45) is 8.01. The maximum Gasteiger partial charge on any atom is 0.316 e. The molecule has 3 fully saturated rings. The van der Waals surface area contributed by atoms with Crippen LogP contribution in [0.3, 0.4) is 0 Å². The Balaban J connectivity index is 1.54. The highest BCUT2D eigenvalue weighted by molar-refractivity contribution is 5.81. The Bertz CT molecular complexity index is 1190. The molecular weight excluding hydrogens is 540 g/mol. The number of allylic oxidation sites excluding steroid dienone is 4. The SMILES string of the molecule is CO[C@@H]1C(C)=C[C@H]2C(=O)O[C@H]3C[C@@H](C/C=C(\C)C[C@@H](C)/C=C/C=C4\CO[C@H]1[C@@]42O)O[C@]1(C3)C[C@H](O)[C@H](C)[C@@H](C(C)=O)O1. The van der Waals surface area contributed by atoms with E-state index in [2.05, 4.69) is 26.0 Å². The predicted molar refractivity (Wildman–Crippen MR) is 154 cm³/mol. The molecule has 1 aliphatic carbocycles. The molecule has 0 aromatic carbocycles. The van der Waals surface area contributed by atoms with E-state index in [0.717, 1.165) is 12.0 Å². The quantitative estimate of drug-likeness (QED) is 0.368. The lowest BCUT2D eigenvalue weighted by molar-refractivity contribution is -0.342. The van der Waals surface area contributed by atoms with Crippen LogP contribution in [0.5, 0.6) is 0 Å². The van der Waals surface area contributed by atoms with Crippen molar-refractivity contribution in [2.45, 2.75) is 115 Å². The van der Waals surface area contributed by atoms with Crippen LogP contribution in [0.25, 0.3) is 0 Å². The fraction of sp³-hybridized carbons (Fsp3) is 0.697. The molecule has 2 N–H and O–H groups in total. The summed E-state index contributed by atoms with van der Waals surface area (Å²) >= 11 is 0. The van der Waals surface area contributed by atoms with Gasteiger partial charge in [-0.25, -0.2) is 0 Å². The molecule has 0 aromatic rings. The number of aliphatic hydroxyl groups is 2. The van der Waals surface area contributed by atoms with Crippen molar-refractivity contribution in [1.82, 2.24) is 0 Å². The van der Waals surface area contributed by atoms with E-state index in [1.54, 1.807) is 20.1 Å². The number of aliphatic hydroxyl groups excluding tert-OH is 1. The molecule has 2 bridgehead atoms. The molecule has 5 rings (SSSR count). The van der Waals surface area contributed by atoms with Crippen molar-refractivity contribution in [2.24, 2.45) is 17.8 Å². The number of fused-ring (bicyclic) bond motifs is 2. The number of esters is 1. The zero-order valence-electron chi connectivity index (χ0n) is 25.6. The van der Waals surface area contributed by atoms with Crippen LogP contribution in [0, 0.1) is 17.8 Å². The van der Waals surface area contributed by atoms with E-state index >= 15 is 0 Å². The van der Waals surface area contributed by atoms with Crippen LogP contribution in [0.1, 0.15) is 66.7 Å². The summed E-state index contributed by atoms with van der Waals surface area (Å²) in [7, 11) is 1.57. The van der Waals surface area contributed by atoms with E-state index in [4.69, 9.17) is 23.7 Å². The van der Waals surface area contributed by atoms with Crippen molar-refractivity contribution >= 4 is 11.8 Å². The number of carbonyl (C=O) groups is 2. The lowest BCUT2D eigenvalue weighted by Crippen LogP contribution is -2.60. The van der Waals surface area contributed by atoms with Crippen molar-refractivity contribution < 1.29 is 43.5 Å². The number of hydrogen-bond donors (Lipinski definition) is 2. The van der Waals surface area contributed by atoms with E-state index in [1.165, 1.54) is 12.5 Å². The van der Waals surface area contributed by atoms with E-state index in [9.17, 15) is 19.8 Å². The molecule has 0 aromatic heterocycles. The fourth-order valence-electron chi connectivity index (χ4n) is 7.46. The van der Waals surface area contributed by atoms with Gasteiger partial charge in [0.25, 0.3) is 0 Å². The summed E-state index contributed by atoms with van der Waals surface area (Å²) in [5, 5.41) is 23.2. The number of ether oxygens (including phenoxy) is 5. The number of methoxy groups -OCH3 is 1. The molecule has 4 aliphatic heterocycles. The Morgan fingerprint density at radius 2 is 1.90 bits per heavy atom. The van der Waals surface area contributed by atoms with Crippen LogP contribution in [0.15, 0.2) is 47.1 Å². The van der Waals surface area contributed by atoms with E-state index in [1.807, 2.05) is 19.1 Å². The maximum atomic E-state index is 14.0. The highest BCUT2D eigenvalue weighted by Crippen LogP contribution is 2.47. The third kappa shape index (κ3) is 5.84. The number of ketones is 1. The monoisotopic (exact) mass is 586 g/mol. The van der Waals surface area contributed by atoms with Crippen LogP contribution < -0.4 is 0 Å². The van der Waals surface area contributed by atoms with Gasteiger partial charge in [-0.05, 0) is 50.7 Å². The van der Waals surface area contributed by atoms with Gasteiger partial charge >= 0.3 is 5.97 Å². The molecule has 0 unspecified atom stereocenters. The molecule has 42 heavy (non-hydrogen) atoms. The van der Waals surface area contributed by atoms with Gasteiger partial charge in [-0.1, -0.05) is 49.8 Å². The highest BCUT2D eigenvalue weighted by atomic mass is 16.7. The van der Waals surface area contributed by atoms with Gasteiger partial charge in [-0.2, -0.15) is 0 Å². The van der Waals surface area contributed by atoms with Gasteiger partial charge in [0, 0.05) is 32.3 Å². The minimum atomic E-state index is -1.65. The van der Waals surface area contributed by atoms with Crippen LogP contribution in [-0.2, 0) is 33.3 Å². The first-order valence-electron chi connectivity index (χ1n) is 15.2. The predicted octanol–water partition coefficient (Wildman–Crippen LogP) is 3.73. The summed E-state index contributed by atoms with van der Waals surface area (Å²) in [5.41, 5.74) is 0.934. The molecule has 4 heterocycles. The standard InChI is InChI=1S/C33H46O9/c1-18-8-7-9-23-17-39-30-28(38-6)20(3)13-26(33(23,30)37)31(36)40-25-14-24(11-10-19(2)12-18)41-32(15-25)16-27(35)21(4)29(42-32)22(5)34/h7-10,13,18,21,24-30,35,37H,11-12,14-17H2,1-6H3/b8-7+,19-10+,23-9+/t18-,21-,24+,25-,26-,27-,28+,29-,30+,32-,33+/m0/s1. The Morgan fingerprint density at radius 3 is 2.62 bits per heavy atom. The minimum absolute atomic E-state index is 0.164. The third-order valence-corrected chi connectivity index (χ3v) is 9.69. The zero-order valence-corrected chi connectivity index (χ0v) is 25.6. The van der Waals surface area contributed by atoms with Crippen LogP contribution in [0.4, 0.5) is 0 Å². The second-order valence-electron chi connectivity index (χ2n) is 13.1. The summed E-state index contributed by atoms with van der Waals surface area (Å²) < 4.78 is 30.8. The topological polar surface area (TPSA) is 121 Å². The highest BCUT2D eigenvalue weighted by Gasteiger charge is 2.60. The van der Waals surface area contributed by atoms with Gasteiger partial charge < -0.3 is 33.9 Å². The number of hydrogen-bond acceptors (Lipinski definition) is 9. The largest absolute Gasteiger partial charge is 0.462 e. The number of rotatable bonds is 2. The minimum Gasteiger partial charge on any atom is -0.462 e. The summed E-state index contributed by atoms with van der Waals surface area (Å²) in [4.78, 5) is 26.5. The normalized spacial score (nSPS) is 47.8. The molecule has 9 heteroatoms. The van der Waals surface area contributed by atoms with E-state index in [0.29, 0.717) is 18.4 Å². The first kappa shape index (κ1) is 31.3. The summed E-state index contributed by atoms with van der Waals surface area (Å²) in [5.74, 6) is -3.19. The lowest BCUT2D eigenvalue weighted by atomic mass is 9.70. The molecule has 5 aliphatic rings. The van der Waals surface area contributed by atoms with E-state index < -0.39 is 53.8 Å². The second kappa shape index (κ2) is 12.1. The Kier molecular flexibility index (Phi) is 9.01. The van der Waals surface area contributed by atoms with Crippen LogP contribution >= 0.6 is 0 Å². The van der Waals surface area contributed by atoms with Gasteiger partial charge in [0.1, 0.15) is 35.9 Å². The summed E-state index contributed by atoms with van der Waals surface area (Å²) in [6.45, 7) is 9.50. The first-order valence-corrected chi connectivity index (χ1v) is 15.2. The fourth-order valence-corrected chi connectivity index (χ4v) is 7.46. The van der Waals surface area contributed by atoms with Crippen molar-refractivity contribution in [1.29, 1.82) is 0 Å². The first-order chi connectivity index (χ1) is 19.9. The summed E-state index contributed by atoms with van der Waals surface area (Å²) in [6, 6.07) is 0. The zero-order chi connectivity index (χ0) is 30.4. The van der Waals surface area contributed by atoms with Gasteiger partial charge in [0.15, 0.2) is 11.6 Å². The molecule has 1 spiro atoms. The maximum absolute atomic E-state index is 14.0. The van der Waals surface area contributed by atoms with Gasteiger partial charge in [-0.15, -0.1) is 0 Å². The van der Waals surface area contributed by atoms with Gasteiger partial charge in [0.2, 0.25) is 0 Å². The van der Waals surface area contributed by atoms with Gasteiger partial charge in [0.05, 0.1) is 18.8 Å². The molecule has 9 nitrogen and oxygen atoms in total. The number of carbonyl (C=O) groups excluding carboxylic acids is 2. The molecule has 232 valence electrons. The molecule has 0 amide bonds. The van der Waals surface area contributed by atoms with E-state index in [-0.39, 0.29) is 43.2 Å². The third-order valence-electron chi connectivity index (χ3n) is 9.69. The molecule has 3 saturated heterocycles.